The van der Waals surface area contributed by atoms with E-state index in [-0.39, 0.29) is 6.42 Å². The zero-order valence-corrected chi connectivity index (χ0v) is 21.0. The fourth-order valence-corrected chi connectivity index (χ4v) is 3.80. The molecule has 192 valence electrons. The number of tetrazole rings is 1. The molecule has 1 aromatic heterocycles. The molecule has 0 saturated carbocycles. The summed E-state index contributed by atoms with van der Waals surface area (Å²) < 4.78 is 6.15. The van der Waals surface area contributed by atoms with E-state index in [0.717, 1.165) is 5.56 Å². The van der Waals surface area contributed by atoms with Gasteiger partial charge in [-0.05, 0) is 64.5 Å². The minimum atomic E-state index is -0.881. The number of methoxy groups -OCH3 is 1. The minimum Gasteiger partial charge on any atom is -0.465 e. The highest BCUT2D eigenvalue weighted by atomic mass is 35.5. The van der Waals surface area contributed by atoms with Crippen molar-refractivity contribution >= 4 is 41.1 Å². The molecule has 4 rings (SSSR count). The maximum absolute atomic E-state index is 13.2. The summed E-state index contributed by atoms with van der Waals surface area (Å²) in [6.45, 7) is 0. The summed E-state index contributed by atoms with van der Waals surface area (Å²) in [7, 11) is 1.29. The van der Waals surface area contributed by atoms with E-state index in [1.807, 2.05) is 30.3 Å². The Morgan fingerprint density at radius 3 is 2.50 bits per heavy atom. The summed E-state index contributed by atoms with van der Waals surface area (Å²) >= 11 is 6.15. The van der Waals surface area contributed by atoms with Gasteiger partial charge in [0.25, 0.3) is 0 Å². The Kier molecular flexibility index (Phi) is 8.57. The number of rotatable bonds is 9. The summed E-state index contributed by atoms with van der Waals surface area (Å²) in [5.74, 6) is -1.38. The second-order valence-electron chi connectivity index (χ2n) is 8.10. The number of hydrogen-bond acceptors (Lipinski definition) is 7. The van der Waals surface area contributed by atoms with E-state index in [1.54, 1.807) is 48.5 Å². The van der Waals surface area contributed by atoms with Crippen LogP contribution in [0.4, 0.5) is 5.69 Å². The molecule has 11 heteroatoms. The summed E-state index contributed by atoms with van der Waals surface area (Å²) in [5.41, 5.74) is 2.92. The summed E-state index contributed by atoms with van der Waals surface area (Å²) in [6, 6.07) is 19.8. The van der Waals surface area contributed by atoms with Crippen molar-refractivity contribution in [2.75, 3.05) is 12.4 Å². The number of halogens is 1. The molecule has 1 heterocycles. The largest absolute Gasteiger partial charge is 0.465 e. The molecule has 38 heavy (non-hydrogen) atoms. The molecular weight excluding hydrogens is 508 g/mol. The van der Waals surface area contributed by atoms with Crippen LogP contribution in [0.25, 0.3) is 11.8 Å². The molecular formula is C27H23ClN6O4. The first kappa shape index (κ1) is 26.2. The monoisotopic (exact) mass is 530 g/mol. The summed E-state index contributed by atoms with van der Waals surface area (Å²) in [4.78, 5) is 37.7. The highest BCUT2D eigenvalue weighted by Crippen LogP contribution is 2.20. The van der Waals surface area contributed by atoms with Crippen LogP contribution in [0, 0.1) is 0 Å². The quantitative estimate of drug-likeness (QED) is 0.250. The summed E-state index contributed by atoms with van der Waals surface area (Å²) in [6.07, 6.45) is 4.58. The number of aromatic nitrogens is 4. The molecule has 2 N–H and O–H groups in total. The Morgan fingerprint density at radius 1 is 1.05 bits per heavy atom. The van der Waals surface area contributed by atoms with Gasteiger partial charge in [-0.25, -0.2) is 4.79 Å². The van der Waals surface area contributed by atoms with Gasteiger partial charge in [0.15, 0.2) is 0 Å². The minimum absolute atomic E-state index is 0.263. The third-order valence-corrected chi connectivity index (χ3v) is 5.72. The lowest BCUT2D eigenvalue weighted by atomic mass is 10.0. The number of amides is 2. The second-order valence-corrected chi connectivity index (χ2v) is 8.54. The molecule has 0 aliphatic carbocycles. The average Bonchev–Trinajstić information content (AvgIpc) is 3.47. The lowest BCUT2D eigenvalue weighted by Gasteiger charge is -2.18. The molecule has 0 radical (unpaired) electrons. The maximum Gasteiger partial charge on any atom is 0.337 e. The Labute approximate surface area is 223 Å². The first-order valence-electron chi connectivity index (χ1n) is 11.5. The third kappa shape index (κ3) is 6.89. The number of carbonyl (C=O) groups is 3. The number of nitrogens with one attached hydrogen (secondary N) is 2. The zero-order chi connectivity index (χ0) is 26.9. The SMILES string of the molecule is COC(=O)c1ccc(NC(=O)C(Cc2ccccc2)NC(=O)/C=C/c2cc(Cl)ccc2-n2cnnn2)cc1. The molecule has 10 nitrogen and oxygen atoms in total. The van der Waals surface area contributed by atoms with Gasteiger partial charge in [0.1, 0.15) is 12.4 Å². The first-order chi connectivity index (χ1) is 18.4. The Hall–Kier alpha value is -4.83. The predicted molar refractivity (Wildman–Crippen MR) is 142 cm³/mol. The van der Waals surface area contributed by atoms with Crippen molar-refractivity contribution in [1.82, 2.24) is 25.5 Å². The lowest BCUT2D eigenvalue weighted by Crippen LogP contribution is -2.44. The van der Waals surface area contributed by atoms with E-state index in [2.05, 4.69) is 26.2 Å². The van der Waals surface area contributed by atoms with Crippen LogP contribution in [0.1, 0.15) is 21.5 Å². The van der Waals surface area contributed by atoms with Crippen LogP contribution in [-0.4, -0.2) is 51.1 Å². The number of benzene rings is 3. The van der Waals surface area contributed by atoms with Gasteiger partial charge >= 0.3 is 5.97 Å². The van der Waals surface area contributed by atoms with E-state index in [0.29, 0.717) is 27.5 Å². The Morgan fingerprint density at radius 2 is 1.82 bits per heavy atom. The van der Waals surface area contributed by atoms with Gasteiger partial charge in [-0.1, -0.05) is 41.9 Å². The zero-order valence-electron chi connectivity index (χ0n) is 20.2. The standard InChI is InChI=1S/C27H23ClN6O4/c1-38-27(37)19-7-11-22(12-8-19)30-26(36)23(15-18-5-3-2-4-6-18)31-25(35)14-9-20-16-21(28)10-13-24(20)34-17-29-32-33-34/h2-14,16-17,23H,15H2,1H3,(H,30,36)(H,31,35)/b14-9+. The number of esters is 1. The third-order valence-electron chi connectivity index (χ3n) is 5.49. The van der Waals surface area contributed by atoms with Gasteiger partial charge in [0.05, 0.1) is 18.4 Å². The van der Waals surface area contributed by atoms with E-state index in [4.69, 9.17) is 16.3 Å². The Bertz CT molecular complexity index is 1440. The van der Waals surface area contributed by atoms with Gasteiger partial charge in [-0.2, -0.15) is 4.68 Å². The predicted octanol–water partition coefficient (Wildman–Crippen LogP) is 3.48. The molecule has 2 amide bonds. The smallest absolute Gasteiger partial charge is 0.337 e. The maximum atomic E-state index is 13.2. The van der Waals surface area contributed by atoms with Gasteiger partial charge in [0.2, 0.25) is 11.8 Å². The molecule has 1 atom stereocenters. The van der Waals surface area contributed by atoms with E-state index in [9.17, 15) is 14.4 Å². The van der Waals surface area contributed by atoms with Crippen LogP contribution in [0.15, 0.2) is 85.2 Å². The van der Waals surface area contributed by atoms with E-state index < -0.39 is 23.8 Å². The van der Waals surface area contributed by atoms with Crippen LogP contribution < -0.4 is 10.6 Å². The van der Waals surface area contributed by atoms with Gasteiger partial charge in [0, 0.05) is 28.8 Å². The fourth-order valence-electron chi connectivity index (χ4n) is 3.62. The van der Waals surface area contributed by atoms with Crippen LogP contribution >= 0.6 is 11.6 Å². The second kappa shape index (κ2) is 12.4. The average molecular weight is 531 g/mol. The molecule has 0 fully saturated rings. The number of ether oxygens (including phenoxy) is 1. The van der Waals surface area contributed by atoms with Crippen LogP contribution in [0.2, 0.25) is 5.02 Å². The highest BCUT2D eigenvalue weighted by molar-refractivity contribution is 6.30. The van der Waals surface area contributed by atoms with Crippen molar-refractivity contribution in [1.29, 1.82) is 0 Å². The van der Waals surface area contributed by atoms with Gasteiger partial charge in [-0.3, -0.25) is 9.59 Å². The van der Waals surface area contributed by atoms with E-state index in [1.165, 1.54) is 24.2 Å². The van der Waals surface area contributed by atoms with Crippen LogP contribution in [0.5, 0.6) is 0 Å². The number of nitrogens with zero attached hydrogens (tertiary/aromatic N) is 4. The van der Waals surface area contributed by atoms with Crippen LogP contribution in [0.3, 0.4) is 0 Å². The van der Waals surface area contributed by atoms with Crippen molar-refractivity contribution in [3.63, 3.8) is 0 Å². The molecule has 0 aliphatic heterocycles. The molecule has 4 aromatic rings. The molecule has 0 aliphatic rings. The van der Waals surface area contributed by atoms with Crippen molar-refractivity contribution in [2.45, 2.75) is 12.5 Å². The van der Waals surface area contributed by atoms with Crippen molar-refractivity contribution in [2.24, 2.45) is 0 Å². The highest BCUT2D eigenvalue weighted by Gasteiger charge is 2.21. The fraction of sp³-hybridized carbons (Fsp3) is 0.111. The first-order valence-corrected chi connectivity index (χ1v) is 11.9. The van der Waals surface area contributed by atoms with E-state index >= 15 is 0 Å². The van der Waals surface area contributed by atoms with Crippen molar-refractivity contribution in [3.05, 3.63) is 107 Å². The molecule has 0 saturated heterocycles. The van der Waals surface area contributed by atoms with Crippen LogP contribution in [-0.2, 0) is 20.7 Å². The van der Waals surface area contributed by atoms with Crippen molar-refractivity contribution < 1.29 is 19.1 Å². The Balaban J connectivity index is 1.51. The number of carbonyl (C=O) groups excluding carboxylic acids is 3. The van der Waals surface area contributed by atoms with Gasteiger partial charge < -0.3 is 15.4 Å². The molecule has 0 bridgehead atoms. The number of anilines is 1. The lowest BCUT2D eigenvalue weighted by molar-refractivity contribution is -0.123. The summed E-state index contributed by atoms with van der Waals surface area (Å²) in [5, 5.41) is 17.2. The normalized spacial score (nSPS) is 11.6. The molecule has 3 aromatic carbocycles. The molecule has 0 spiro atoms. The topological polar surface area (TPSA) is 128 Å². The number of hydrogen-bond donors (Lipinski definition) is 2. The van der Waals surface area contributed by atoms with Gasteiger partial charge in [-0.15, -0.1) is 5.10 Å². The van der Waals surface area contributed by atoms with Crippen molar-refractivity contribution in [3.8, 4) is 5.69 Å². The molecule has 1 unspecified atom stereocenters.